The first-order valence-corrected chi connectivity index (χ1v) is 6.92. The third kappa shape index (κ3) is 2.17. The van der Waals surface area contributed by atoms with Crippen LogP contribution < -0.4 is 5.43 Å². The predicted octanol–water partition coefficient (Wildman–Crippen LogP) is 0.836. The summed E-state index contributed by atoms with van der Waals surface area (Å²) in [5.74, 6) is 0.564. The van der Waals surface area contributed by atoms with E-state index in [9.17, 15) is 8.42 Å². The van der Waals surface area contributed by atoms with Crippen molar-refractivity contribution >= 4 is 9.84 Å². The average molecular weight is 228 g/mol. The van der Waals surface area contributed by atoms with Crippen molar-refractivity contribution in [1.29, 1.82) is 0 Å². The Morgan fingerprint density at radius 2 is 1.93 bits per heavy atom. The molecule has 1 aliphatic rings. The first-order chi connectivity index (χ1) is 6.98. The van der Waals surface area contributed by atoms with Crippen molar-refractivity contribution in [1.82, 2.24) is 4.68 Å². The molecule has 4 nitrogen and oxygen atoms in total. The zero-order chi connectivity index (χ0) is 11.1. The highest BCUT2D eigenvalue weighted by Gasteiger charge is 2.28. The molecular weight excluding hydrogens is 212 g/mol. The summed E-state index contributed by atoms with van der Waals surface area (Å²) in [5.41, 5.74) is 5.47. The number of aromatic nitrogens is 1. The van der Waals surface area contributed by atoms with Gasteiger partial charge in [-0.2, -0.15) is 0 Å². The van der Waals surface area contributed by atoms with Crippen molar-refractivity contribution in [3.8, 4) is 0 Å². The van der Waals surface area contributed by atoms with E-state index in [0.717, 1.165) is 11.4 Å². The van der Waals surface area contributed by atoms with Gasteiger partial charge in [-0.3, -0.25) is 4.68 Å². The fourth-order valence-corrected chi connectivity index (χ4v) is 3.62. The predicted molar refractivity (Wildman–Crippen MR) is 60.3 cm³/mol. The van der Waals surface area contributed by atoms with E-state index in [1.54, 1.807) is 0 Å². The van der Waals surface area contributed by atoms with Crippen LogP contribution in [-0.2, 0) is 9.84 Å². The van der Waals surface area contributed by atoms with Crippen LogP contribution in [0, 0.1) is 13.8 Å². The van der Waals surface area contributed by atoms with Gasteiger partial charge < -0.3 is 5.43 Å². The van der Waals surface area contributed by atoms with Crippen LogP contribution in [0.5, 0.6) is 0 Å². The Hall–Kier alpha value is -0.970. The molecule has 0 radical (unpaired) electrons. The summed E-state index contributed by atoms with van der Waals surface area (Å²) in [6, 6.07) is 4.09. The number of sulfone groups is 1. The molecule has 15 heavy (non-hydrogen) atoms. The maximum atomic E-state index is 11.3. The number of hydrogen-bond donors (Lipinski definition) is 1. The lowest BCUT2D eigenvalue weighted by Gasteiger charge is -2.17. The largest absolute Gasteiger partial charge is 0.322 e. The molecule has 1 atom stereocenters. The quantitative estimate of drug-likeness (QED) is 0.816. The van der Waals surface area contributed by atoms with Gasteiger partial charge in [0.25, 0.3) is 0 Å². The van der Waals surface area contributed by atoms with E-state index < -0.39 is 9.84 Å². The minimum absolute atomic E-state index is 0.0554. The van der Waals surface area contributed by atoms with E-state index in [1.165, 1.54) is 0 Å². The highest BCUT2D eigenvalue weighted by Crippen LogP contribution is 2.14. The minimum Gasteiger partial charge on any atom is -0.322 e. The molecule has 1 N–H and O–H groups in total. The van der Waals surface area contributed by atoms with Gasteiger partial charge >= 0.3 is 0 Å². The van der Waals surface area contributed by atoms with Crippen LogP contribution in [0.1, 0.15) is 17.8 Å². The number of nitrogens with zero attached hydrogens (tertiary/aromatic N) is 1. The number of hydrogen-bond acceptors (Lipinski definition) is 3. The second-order valence-corrected chi connectivity index (χ2v) is 6.41. The van der Waals surface area contributed by atoms with Crippen LogP contribution in [0.3, 0.4) is 0 Å². The molecule has 1 fully saturated rings. The van der Waals surface area contributed by atoms with Crippen molar-refractivity contribution in [3.63, 3.8) is 0 Å². The summed E-state index contributed by atoms with van der Waals surface area (Å²) >= 11 is 0. The number of rotatable bonds is 2. The molecule has 0 saturated carbocycles. The van der Waals surface area contributed by atoms with Crippen LogP contribution in [-0.4, -0.2) is 30.6 Å². The molecule has 1 aliphatic heterocycles. The summed E-state index contributed by atoms with van der Waals surface area (Å²) in [4.78, 5) is 0. The normalized spacial score (nSPS) is 24.3. The van der Waals surface area contributed by atoms with Crippen molar-refractivity contribution in [2.45, 2.75) is 26.3 Å². The van der Waals surface area contributed by atoms with Gasteiger partial charge in [0, 0.05) is 11.4 Å². The Morgan fingerprint density at radius 3 is 2.40 bits per heavy atom. The van der Waals surface area contributed by atoms with Crippen molar-refractivity contribution in [3.05, 3.63) is 23.5 Å². The molecule has 0 spiro atoms. The van der Waals surface area contributed by atoms with Gasteiger partial charge in [0.05, 0.1) is 17.5 Å². The van der Waals surface area contributed by atoms with E-state index in [2.05, 4.69) is 5.43 Å². The number of nitrogens with one attached hydrogen (secondary N) is 1. The summed E-state index contributed by atoms with van der Waals surface area (Å²) in [5, 5.41) is 0. The van der Waals surface area contributed by atoms with Crippen LogP contribution >= 0.6 is 0 Å². The fraction of sp³-hybridized carbons (Fsp3) is 0.600. The maximum absolute atomic E-state index is 11.3. The van der Waals surface area contributed by atoms with E-state index in [0.29, 0.717) is 12.2 Å². The smallest absolute Gasteiger partial charge is 0.152 e. The average Bonchev–Trinajstić information content (AvgIpc) is 2.63. The Labute approximate surface area is 90.2 Å². The van der Waals surface area contributed by atoms with Gasteiger partial charge in [0.2, 0.25) is 0 Å². The molecule has 5 heteroatoms. The minimum atomic E-state index is -2.80. The Morgan fingerprint density at radius 1 is 1.33 bits per heavy atom. The Bertz CT molecular complexity index is 442. The maximum Gasteiger partial charge on any atom is 0.152 e. The summed E-state index contributed by atoms with van der Waals surface area (Å²) in [6.45, 7) is 4.01. The lowest BCUT2D eigenvalue weighted by Crippen LogP contribution is -2.30. The third-order valence-corrected chi connectivity index (χ3v) is 4.58. The molecule has 84 valence electrons. The first-order valence-electron chi connectivity index (χ1n) is 5.10. The zero-order valence-corrected chi connectivity index (χ0v) is 9.84. The van der Waals surface area contributed by atoms with Gasteiger partial charge in [0.1, 0.15) is 0 Å². The Balaban J connectivity index is 2.11. The topological polar surface area (TPSA) is 51.1 Å². The molecule has 1 aromatic rings. The van der Waals surface area contributed by atoms with E-state index >= 15 is 0 Å². The standard InChI is InChI=1S/C10H16N2O2S/c1-8-3-4-9(2)12(8)11-10-5-6-15(13,14)7-10/h3-4,10-11H,5-7H2,1-2H3. The van der Waals surface area contributed by atoms with Gasteiger partial charge in [-0.15, -0.1) is 0 Å². The van der Waals surface area contributed by atoms with Gasteiger partial charge in [-0.1, -0.05) is 0 Å². The molecule has 1 saturated heterocycles. The lowest BCUT2D eigenvalue weighted by molar-refractivity contribution is 0.600. The van der Waals surface area contributed by atoms with Crippen LogP contribution in [0.25, 0.3) is 0 Å². The van der Waals surface area contributed by atoms with E-state index in [-0.39, 0.29) is 11.8 Å². The van der Waals surface area contributed by atoms with Crippen LogP contribution in [0.2, 0.25) is 0 Å². The highest BCUT2D eigenvalue weighted by atomic mass is 32.2. The van der Waals surface area contributed by atoms with Gasteiger partial charge in [-0.05, 0) is 32.4 Å². The van der Waals surface area contributed by atoms with Gasteiger partial charge in [-0.25, -0.2) is 8.42 Å². The van der Waals surface area contributed by atoms with Crippen molar-refractivity contribution < 1.29 is 8.42 Å². The van der Waals surface area contributed by atoms with Crippen molar-refractivity contribution in [2.75, 3.05) is 16.9 Å². The molecule has 0 bridgehead atoms. The molecule has 0 amide bonds. The van der Waals surface area contributed by atoms with Gasteiger partial charge in [0.15, 0.2) is 9.84 Å². The third-order valence-electron chi connectivity index (χ3n) is 2.82. The van der Waals surface area contributed by atoms with E-state index in [1.807, 2.05) is 30.7 Å². The summed E-state index contributed by atoms with van der Waals surface area (Å²) in [7, 11) is -2.80. The van der Waals surface area contributed by atoms with Crippen molar-refractivity contribution in [2.24, 2.45) is 0 Å². The molecular formula is C10H16N2O2S. The second-order valence-electron chi connectivity index (χ2n) is 4.18. The summed E-state index contributed by atoms with van der Waals surface area (Å²) < 4.78 is 24.5. The SMILES string of the molecule is Cc1ccc(C)n1NC1CCS(=O)(=O)C1. The Kier molecular flexibility index (Phi) is 2.50. The second kappa shape index (κ2) is 3.56. The monoisotopic (exact) mass is 228 g/mol. The molecule has 2 heterocycles. The first kappa shape index (κ1) is 10.5. The number of aryl methyl sites for hydroxylation is 2. The lowest BCUT2D eigenvalue weighted by atomic mass is 10.3. The molecule has 1 aromatic heterocycles. The molecule has 1 unspecified atom stereocenters. The highest BCUT2D eigenvalue weighted by molar-refractivity contribution is 7.91. The molecule has 0 aromatic carbocycles. The molecule has 0 aliphatic carbocycles. The fourth-order valence-electron chi connectivity index (χ4n) is 1.95. The summed E-state index contributed by atoms with van der Waals surface area (Å²) in [6.07, 6.45) is 0.708. The van der Waals surface area contributed by atoms with E-state index in [4.69, 9.17) is 0 Å². The van der Waals surface area contributed by atoms with Crippen LogP contribution in [0.15, 0.2) is 12.1 Å². The zero-order valence-electron chi connectivity index (χ0n) is 9.03. The van der Waals surface area contributed by atoms with Crippen LogP contribution in [0.4, 0.5) is 0 Å². The molecule has 2 rings (SSSR count).